The minimum absolute atomic E-state index is 0.393. The first-order valence-corrected chi connectivity index (χ1v) is 51.9. The second kappa shape index (κ2) is 60.6. The zero-order valence-corrected chi connectivity index (χ0v) is 90.3. The molecule has 123 heavy (non-hydrogen) atoms. The lowest BCUT2D eigenvalue weighted by Crippen LogP contribution is -2.44. The van der Waals surface area contributed by atoms with Crippen LogP contribution in [0.15, 0.2) is 0 Å². The monoisotopic (exact) mass is 1740 g/mol. The topological polar surface area (TPSA) is 146 Å². The summed E-state index contributed by atoms with van der Waals surface area (Å²) in [5.74, 6) is 3.82. The number of hydrogen-bond donors (Lipinski definition) is 9. The fraction of sp³-hybridized carbons (Fsp3) is 1.00. The minimum atomic E-state index is 0.393. The van der Waals surface area contributed by atoms with Gasteiger partial charge in [0.1, 0.15) is 0 Å². The van der Waals surface area contributed by atoms with Crippen LogP contribution < -0.4 is 47.9 Å². The van der Waals surface area contributed by atoms with Crippen LogP contribution in [0.4, 0.5) is 0 Å². The van der Waals surface area contributed by atoms with Gasteiger partial charge >= 0.3 is 0 Å². The number of rotatable bonds is 12. The Morgan fingerprint density at radius 2 is 0.569 bits per heavy atom. The first-order chi connectivity index (χ1) is 56.4. The lowest BCUT2D eigenvalue weighted by molar-refractivity contribution is 0.00460. The van der Waals surface area contributed by atoms with E-state index >= 15 is 0 Å². The van der Waals surface area contributed by atoms with Gasteiger partial charge in [0.2, 0.25) is 0 Å². The molecule has 12 fully saturated rings. The highest BCUT2D eigenvalue weighted by molar-refractivity contribution is 4.86. The molecule has 738 valence electrons. The van der Waals surface area contributed by atoms with E-state index < -0.39 is 0 Å². The molecule has 0 saturated carbocycles. The summed E-state index contributed by atoms with van der Waals surface area (Å²) in [7, 11) is 0. The maximum Gasteiger partial charge on any atom is 0.0705 e. The lowest BCUT2D eigenvalue weighted by Gasteiger charge is -2.36. The fourth-order valence-electron chi connectivity index (χ4n) is 19.0. The molecule has 0 bridgehead atoms. The van der Waals surface area contributed by atoms with Crippen molar-refractivity contribution in [3.05, 3.63) is 0 Å². The summed E-state index contributed by atoms with van der Waals surface area (Å²) in [6.45, 7) is 115. The zero-order valence-electron chi connectivity index (χ0n) is 90.3. The van der Waals surface area contributed by atoms with E-state index in [9.17, 15) is 0 Å². The van der Waals surface area contributed by atoms with E-state index in [0.717, 1.165) is 114 Å². The van der Waals surface area contributed by atoms with Crippen molar-refractivity contribution in [2.75, 3.05) is 184 Å². The molecule has 0 aromatic rings. The molecule has 0 aromatic heterocycles. The molecule has 9 N–H and O–H groups in total. The molecule has 7 atom stereocenters. The Balaban J connectivity index is 0.000000671. The maximum atomic E-state index is 5.59. The number of ether oxygens (including phenoxy) is 3. The molecule has 12 saturated heterocycles. The summed E-state index contributed by atoms with van der Waals surface area (Å²) in [6.07, 6.45) is 31.8. The van der Waals surface area contributed by atoms with Gasteiger partial charge in [-0.15, -0.1) is 0 Å². The van der Waals surface area contributed by atoms with E-state index in [-0.39, 0.29) is 0 Å². The summed E-state index contributed by atoms with van der Waals surface area (Å²) in [5, 5.41) is 30.8. The van der Waals surface area contributed by atoms with E-state index in [2.05, 4.69) is 312 Å². The van der Waals surface area contributed by atoms with Crippen LogP contribution in [0.1, 0.15) is 397 Å². The quantitative estimate of drug-likeness (QED) is 0.0913. The fourth-order valence-corrected chi connectivity index (χ4v) is 19.0. The largest absolute Gasteiger partial charge is 0.379 e. The van der Waals surface area contributed by atoms with E-state index in [1.54, 1.807) is 0 Å². The Bertz CT molecular complexity index is 2070. The second-order valence-corrected chi connectivity index (χ2v) is 54.7. The van der Waals surface area contributed by atoms with Gasteiger partial charge in [-0.25, -0.2) is 0 Å². The summed E-state index contributed by atoms with van der Waals surface area (Å²) in [5.41, 5.74) is 5.84. The van der Waals surface area contributed by atoms with Crippen molar-refractivity contribution in [2.24, 2.45) is 88.7 Å². The minimum Gasteiger partial charge on any atom is -0.379 e. The maximum absolute atomic E-state index is 5.59. The number of hydrogen-bond acceptors (Lipinski definition) is 15. The highest BCUT2D eigenvalue weighted by atomic mass is 16.5. The number of nitrogens with zero attached hydrogens (tertiary/aromatic N) is 3. The van der Waals surface area contributed by atoms with Gasteiger partial charge in [-0.2, -0.15) is 0 Å². The molecule has 12 rings (SSSR count). The standard InChI is InChI=1S/3C10H21N.3C9H19NO.3C9H19N.3C8H17N/c1-10(2,3)8-9-4-6-11-7-5-9;1-10(2,3)7-9-5-4-6-11-8-9;1-10(2,3)8-9-6-4-5-7-11-9;1-9(2,3)8-10-4-6-11-7-5-10;1-9(2,3)6-8-7-11-5-4-10-8;1-9(2,3)6-8-7-10-4-5-11-8;1-9(2,3)6-8-4-5-10-7-8;1-9(2,3)7-8-5-4-6-10-8;1-9(2,3)8-10-6-4-5-7-10;1-8(2,3)4-7-5-9-6-7;1-8(2,3)6-7-4-5-9-7;1-8(2,3)7-9-5-4-6-9/h3*9,11H,4-8H2,1-3H3;4-8H2,1-3H3;2*8,10H,4-7H2,1-3H3;2*8,10H,4-7H2,1-3H3;4-8H2,1-3H3;2*7,9H,4-6H2,1-3H3;4-7H2,1-3H3. The van der Waals surface area contributed by atoms with Crippen LogP contribution in [0, 0.1) is 88.7 Å². The number of piperidine rings is 3. The Hall–Kier alpha value is -0.600. The Kier molecular flexibility index (Phi) is 59.3. The molecule has 12 heterocycles. The summed E-state index contributed by atoms with van der Waals surface area (Å²) in [6, 6.07) is 3.00. The average Bonchev–Trinajstić information content (AvgIpc) is 1.87. The smallest absolute Gasteiger partial charge is 0.0705 e. The average molecular weight is 1740 g/mol. The van der Waals surface area contributed by atoms with E-state index in [0.29, 0.717) is 77.1 Å². The van der Waals surface area contributed by atoms with Crippen molar-refractivity contribution in [3.8, 4) is 0 Å². The van der Waals surface area contributed by atoms with Crippen molar-refractivity contribution in [1.82, 2.24) is 62.6 Å². The summed E-state index contributed by atoms with van der Waals surface area (Å²) >= 11 is 0. The molecule has 0 spiro atoms. The van der Waals surface area contributed by atoms with Crippen molar-refractivity contribution >= 4 is 0 Å². The van der Waals surface area contributed by atoms with Gasteiger partial charge in [-0.3, -0.25) is 4.90 Å². The van der Waals surface area contributed by atoms with Gasteiger partial charge in [0, 0.05) is 76.5 Å². The first-order valence-electron chi connectivity index (χ1n) is 51.9. The molecule has 0 radical (unpaired) electrons. The molecule has 0 aromatic carbocycles. The Morgan fingerprint density at radius 3 is 0.886 bits per heavy atom. The van der Waals surface area contributed by atoms with Crippen molar-refractivity contribution in [3.63, 3.8) is 0 Å². The molecule has 15 heteroatoms. The normalized spacial score (nSPS) is 25.0. The third-order valence-electron chi connectivity index (χ3n) is 23.6. The summed E-state index contributed by atoms with van der Waals surface area (Å²) < 4.78 is 16.2. The van der Waals surface area contributed by atoms with Crippen molar-refractivity contribution in [1.29, 1.82) is 0 Å². The molecule has 12 aliphatic heterocycles. The van der Waals surface area contributed by atoms with Gasteiger partial charge in [-0.05, 0) is 328 Å². The molecular formula is C108H228N12O3. The molecule has 12 aliphatic rings. The molecule has 0 amide bonds. The highest BCUT2D eigenvalue weighted by Crippen LogP contribution is 2.34. The van der Waals surface area contributed by atoms with Gasteiger partial charge in [-0.1, -0.05) is 256 Å². The number of likely N-dealkylation sites (tertiary alicyclic amines) is 2. The van der Waals surface area contributed by atoms with E-state index in [4.69, 9.17) is 14.2 Å². The van der Waals surface area contributed by atoms with Crippen molar-refractivity contribution in [2.45, 2.75) is 427 Å². The van der Waals surface area contributed by atoms with Crippen LogP contribution in [0.2, 0.25) is 0 Å². The van der Waals surface area contributed by atoms with Gasteiger partial charge in [0.15, 0.2) is 0 Å². The van der Waals surface area contributed by atoms with E-state index in [1.165, 1.54) is 259 Å². The molecular weight excluding hydrogens is 1510 g/mol. The van der Waals surface area contributed by atoms with Gasteiger partial charge in [0.05, 0.1) is 39.1 Å². The Morgan fingerprint density at radius 1 is 0.220 bits per heavy atom. The van der Waals surface area contributed by atoms with Crippen LogP contribution >= 0.6 is 0 Å². The first kappa shape index (κ1) is 120. The third kappa shape index (κ3) is 80.8. The molecule has 15 nitrogen and oxygen atoms in total. The number of nitrogens with one attached hydrogen (secondary N) is 9. The van der Waals surface area contributed by atoms with Crippen molar-refractivity contribution < 1.29 is 14.2 Å². The highest BCUT2D eigenvalue weighted by Gasteiger charge is 2.30. The SMILES string of the molecule is CC(C)(C)CC1CCCCN1.CC(C)(C)CC1CCCN1.CC(C)(C)CC1CCCNC1.CC(C)(C)CC1CCN1.CC(C)(C)CC1CCNC1.CC(C)(C)CC1CCNCC1.CC(C)(C)CC1CNC1.CC(C)(C)CC1CNCCO1.CC(C)(C)CC1COCCN1.CC(C)(C)CN1CCC1.CC(C)(C)CN1CCCC1.CC(C)(C)CN1CCOCC1. The van der Waals surface area contributed by atoms with Crippen LogP contribution in [-0.2, 0) is 14.2 Å². The molecule has 7 unspecified atom stereocenters. The van der Waals surface area contributed by atoms with Crippen LogP contribution in [0.3, 0.4) is 0 Å². The predicted octanol–water partition coefficient (Wildman–Crippen LogP) is 23.1. The number of morpholine rings is 3. The molecule has 0 aliphatic carbocycles. The summed E-state index contributed by atoms with van der Waals surface area (Å²) in [4.78, 5) is 7.56. The van der Waals surface area contributed by atoms with Crippen LogP contribution in [-0.4, -0.2) is 229 Å². The van der Waals surface area contributed by atoms with Crippen LogP contribution in [0.5, 0.6) is 0 Å². The van der Waals surface area contributed by atoms with Gasteiger partial charge in [0.25, 0.3) is 0 Å². The second-order valence-electron chi connectivity index (χ2n) is 54.7. The van der Waals surface area contributed by atoms with E-state index in [1.807, 2.05) is 0 Å². The third-order valence-corrected chi connectivity index (χ3v) is 23.6. The zero-order chi connectivity index (χ0) is 93.5. The van der Waals surface area contributed by atoms with Crippen LogP contribution in [0.25, 0.3) is 0 Å². The lowest BCUT2D eigenvalue weighted by atomic mass is 9.81. The van der Waals surface area contributed by atoms with Gasteiger partial charge < -0.3 is 71.9 Å². The predicted molar refractivity (Wildman–Crippen MR) is 546 cm³/mol. The Labute approximate surface area is 771 Å².